The van der Waals surface area contributed by atoms with Crippen LogP contribution in [0.2, 0.25) is 0 Å². The van der Waals surface area contributed by atoms with E-state index >= 15 is 0 Å². The normalized spacial score (nSPS) is 18.7. The molecule has 7 rings (SSSR count). The van der Waals surface area contributed by atoms with Gasteiger partial charge in [0.25, 0.3) is 5.91 Å². The highest BCUT2D eigenvalue weighted by molar-refractivity contribution is 6.00. The summed E-state index contributed by atoms with van der Waals surface area (Å²) in [4.78, 5) is 24.5. The standard InChI is InChI=1S/C33H33F3N6O3/c1-40-30-26(9-20(11-28(30)45-2)33(44)41-14-21(34)12-22(37)15-41)39-32(40)27-10-19-5-6-25(38-31(19)42(27)13-17-3-4-17)29-23(35)7-18(16-43)8-24(29)36/h5-11,17,21-22,43H,3-4,12-16,37H2,1-2H3/t21-,22-/m1/s1. The Morgan fingerprint density at radius 3 is 2.51 bits per heavy atom. The average Bonchev–Trinajstić information content (AvgIpc) is 3.68. The Balaban J connectivity index is 1.35. The van der Waals surface area contributed by atoms with Gasteiger partial charge in [0.1, 0.15) is 34.7 Å². The fraction of sp³-hybridized carbons (Fsp3) is 0.364. The van der Waals surface area contributed by atoms with Crippen LogP contribution in [0.15, 0.2) is 42.5 Å². The first-order chi connectivity index (χ1) is 21.6. The lowest BCUT2D eigenvalue weighted by atomic mass is 10.0. The Labute approximate surface area is 257 Å². The van der Waals surface area contributed by atoms with Crippen molar-refractivity contribution in [3.8, 4) is 28.5 Å². The van der Waals surface area contributed by atoms with Crippen molar-refractivity contribution >= 4 is 28.0 Å². The number of nitrogens with zero attached hydrogens (tertiary/aromatic N) is 5. The van der Waals surface area contributed by atoms with Crippen molar-refractivity contribution < 1.29 is 27.8 Å². The molecule has 3 aromatic heterocycles. The number of rotatable bonds is 7. The molecule has 1 amide bonds. The van der Waals surface area contributed by atoms with Crippen LogP contribution in [0, 0.1) is 17.6 Å². The monoisotopic (exact) mass is 618 g/mol. The van der Waals surface area contributed by atoms with Crippen LogP contribution in [0.25, 0.3) is 44.8 Å². The summed E-state index contributed by atoms with van der Waals surface area (Å²) in [7, 11) is 3.38. The molecule has 4 heterocycles. The number of amides is 1. The van der Waals surface area contributed by atoms with E-state index in [0.29, 0.717) is 46.3 Å². The van der Waals surface area contributed by atoms with Crippen LogP contribution < -0.4 is 10.5 Å². The van der Waals surface area contributed by atoms with Crippen molar-refractivity contribution in [3.05, 3.63) is 65.2 Å². The number of methoxy groups -OCH3 is 1. The summed E-state index contributed by atoms with van der Waals surface area (Å²) in [6.07, 6.45) is 1.17. The lowest BCUT2D eigenvalue weighted by Gasteiger charge is -2.33. The Hall–Kier alpha value is -4.42. The van der Waals surface area contributed by atoms with Gasteiger partial charge in [0.2, 0.25) is 0 Å². The fourth-order valence-electron chi connectivity index (χ4n) is 6.40. The van der Waals surface area contributed by atoms with Crippen LogP contribution in [-0.4, -0.2) is 67.4 Å². The van der Waals surface area contributed by atoms with Gasteiger partial charge >= 0.3 is 0 Å². The molecule has 0 bridgehead atoms. The van der Waals surface area contributed by atoms with Crippen LogP contribution in [0.1, 0.15) is 35.2 Å². The minimum absolute atomic E-state index is 0.0179. The molecule has 2 fully saturated rings. The molecule has 0 spiro atoms. The van der Waals surface area contributed by atoms with Gasteiger partial charge in [0.15, 0.2) is 5.82 Å². The van der Waals surface area contributed by atoms with Gasteiger partial charge in [0.05, 0.1) is 42.7 Å². The van der Waals surface area contributed by atoms with Crippen molar-refractivity contribution in [1.29, 1.82) is 0 Å². The molecule has 2 aromatic carbocycles. The number of aryl methyl sites for hydroxylation is 1. The zero-order valence-corrected chi connectivity index (χ0v) is 24.9. The van der Waals surface area contributed by atoms with Crippen LogP contribution >= 0.6 is 0 Å². The van der Waals surface area contributed by atoms with Gasteiger partial charge in [-0.2, -0.15) is 0 Å². The fourth-order valence-corrected chi connectivity index (χ4v) is 6.40. The Morgan fingerprint density at radius 2 is 1.84 bits per heavy atom. The maximum absolute atomic E-state index is 15.0. The first-order valence-electron chi connectivity index (χ1n) is 15.0. The SMILES string of the molecule is COc1cc(C(=O)N2C[C@H](N)C[C@@H](F)C2)cc2nc(-c3cc4ccc(-c5c(F)cc(CO)cc5F)nc4n3CC3CC3)n(C)c12. The number of likely N-dealkylation sites (tertiary alicyclic amines) is 1. The predicted molar refractivity (Wildman–Crippen MR) is 163 cm³/mol. The van der Waals surface area contributed by atoms with E-state index in [9.17, 15) is 23.1 Å². The van der Waals surface area contributed by atoms with Gasteiger partial charge in [-0.25, -0.2) is 23.1 Å². The molecule has 1 aliphatic heterocycles. The Kier molecular flexibility index (Phi) is 7.28. The van der Waals surface area contributed by atoms with Crippen LogP contribution in [0.5, 0.6) is 5.75 Å². The zero-order valence-electron chi connectivity index (χ0n) is 24.9. The van der Waals surface area contributed by atoms with Gasteiger partial charge in [-0.15, -0.1) is 0 Å². The number of aliphatic hydroxyl groups is 1. The number of hydrogen-bond donors (Lipinski definition) is 2. The molecule has 0 radical (unpaired) electrons. The molecule has 234 valence electrons. The molecule has 3 N–H and O–H groups in total. The summed E-state index contributed by atoms with van der Waals surface area (Å²) in [5.41, 5.74) is 8.87. The van der Waals surface area contributed by atoms with Crippen molar-refractivity contribution in [1.82, 2.24) is 24.0 Å². The van der Waals surface area contributed by atoms with E-state index in [4.69, 9.17) is 20.4 Å². The number of benzene rings is 2. The van der Waals surface area contributed by atoms with Crippen LogP contribution in [0.4, 0.5) is 13.2 Å². The number of alkyl halides is 1. The van der Waals surface area contributed by atoms with Gasteiger partial charge in [-0.1, -0.05) is 0 Å². The topological polar surface area (TPSA) is 111 Å². The Morgan fingerprint density at radius 1 is 1.09 bits per heavy atom. The molecule has 1 saturated carbocycles. The molecule has 1 saturated heterocycles. The number of carbonyl (C=O) groups excluding carboxylic acids is 1. The van der Waals surface area contributed by atoms with Crippen LogP contribution in [-0.2, 0) is 20.2 Å². The summed E-state index contributed by atoms with van der Waals surface area (Å²) < 4.78 is 53.9. The summed E-state index contributed by atoms with van der Waals surface area (Å²) in [6.45, 7) is 0.420. The first kappa shape index (κ1) is 29.3. The molecule has 2 aliphatic rings. The highest BCUT2D eigenvalue weighted by Gasteiger charge is 2.31. The summed E-state index contributed by atoms with van der Waals surface area (Å²) in [5.74, 6) is -0.461. The number of fused-ring (bicyclic) bond motifs is 2. The molecule has 0 unspecified atom stereocenters. The molecule has 2 atom stereocenters. The van der Waals surface area contributed by atoms with E-state index < -0.39 is 30.5 Å². The number of pyridine rings is 1. The number of aliphatic hydroxyl groups excluding tert-OH is 1. The van der Waals surface area contributed by atoms with Gasteiger partial charge in [0, 0.05) is 37.1 Å². The predicted octanol–water partition coefficient (Wildman–Crippen LogP) is 4.96. The van der Waals surface area contributed by atoms with E-state index in [0.717, 1.165) is 36.1 Å². The van der Waals surface area contributed by atoms with E-state index in [-0.39, 0.29) is 42.2 Å². The maximum Gasteiger partial charge on any atom is 0.254 e. The molecule has 45 heavy (non-hydrogen) atoms. The number of hydrogen-bond acceptors (Lipinski definition) is 6. The highest BCUT2D eigenvalue weighted by Crippen LogP contribution is 2.38. The number of nitrogens with two attached hydrogens (primary N) is 1. The number of carbonyl (C=O) groups is 1. The Bertz CT molecular complexity index is 1930. The van der Waals surface area contributed by atoms with Gasteiger partial charge < -0.3 is 29.6 Å². The first-order valence-corrected chi connectivity index (χ1v) is 15.0. The smallest absolute Gasteiger partial charge is 0.254 e. The van der Waals surface area contributed by atoms with E-state index in [1.54, 1.807) is 24.3 Å². The van der Waals surface area contributed by atoms with E-state index in [1.807, 2.05) is 22.2 Å². The molecular weight excluding hydrogens is 585 g/mol. The largest absolute Gasteiger partial charge is 0.494 e. The summed E-state index contributed by atoms with van der Waals surface area (Å²) >= 11 is 0. The minimum Gasteiger partial charge on any atom is -0.494 e. The van der Waals surface area contributed by atoms with Crippen molar-refractivity contribution in [2.45, 2.75) is 44.6 Å². The molecule has 9 nitrogen and oxygen atoms in total. The second-order valence-corrected chi connectivity index (χ2v) is 12.1. The number of imidazole rings is 1. The maximum atomic E-state index is 15.0. The van der Waals surface area contributed by atoms with Crippen molar-refractivity contribution in [3.63, 3.8) is 0 Å². The molecule has 5 aromatic rings. The van der Waals surface area contributed by atoms with Gasteiger partial charge in [-0.05, 0) is 73.2 Å². The lowest BCUT2D eigenvalue weighted by molar-refractivity contribution is 0.0606. The summed E-state index contributed by atoms with van der Waals surface area (Å²) in [5, 5.41) is 10.1. The van der Waals surface area contributed by atoms with E-state index in [2.05, 4.69) is 0 Å². The summed E-state index contributed by atoms with van der Waals surface area (Å²) in [6, 6.07) is 10.4. The van der Waals surface area contributed by atoms with Crippen LogP contribution in [0.3, 0.4) is 0 Å². The third kappa shape index (κ3) is 5.21. The van der Waals surface area contributed by atoms with Gasteiger partial charge in [-0.3, -0.25) is 4.79 Å². The lowest BCUT2D eigenvalue weighted by Crippen LogP contribution is -2.50. The van der Waals surface area contributed by atoms with E-state index in [1.165, 1.54) is 12.0 Å². The van der Waals surface area contributed by atoms with Crippen molar-refractivity contribution in [2.75, 3.05) is 20.2 Å². The second-order valence-electron chi connectivity index (χ2n) is 12.1. The number of halogens is 3. The van der Waals surface area contributed by atoms with Crippen molar-refractivity contribution in [2.24, 2.45) is 18.7 Å². The number of ether oxygens (including phenoxy) is 1. The molecular formula is C33H33F3N6O3. The zero-order chi connectivity index (χ0) is 31.6. The third-order valence-electron chi connectivity index (χ3n) is 8.77. The third-order valence-corrected chi connectivity index (χ3v) is 8.77. The minimum atomic E-state index is -1.18. The second kappa shape index (κ2) is 11.2. The molecule has 12 heteroatoms. The number of piperidine rings is 1. The highest BCUT2D eigenvalue weighted by atomic mass is 19.1. The number of aromatic nitrogens is 4. The average molecular weight is 619 g/mol. The quantitative estimate of drug-likeness (QED) is 0.267. The molecule has 1 aliphatic carbocycles.